The maximum atomic E-state index is 11.0. The Bertz CT molecular complexity index is 567. The molecule has 1 aromatic rings. The van der Waals surface area contributed by atoms with Crippen LogP contribution in [-0.4, -0.2) is 22.3 Å². The number of hydrogen-bond donors (Lipinski definition) is 3. The number of hydrogen-bond acceptors (Lipinski definition) is 5. The van der Waals surface area contributed by atoms with Crippen molar-refractivity contribution in [3.8, 4) is 0 Å². The van der Waals surface area contributed by atoms with Crippen molar-refractivity contribution in [3.05, 3.63) is 16.2 Å². The lowest BCUT2D eigenvalue weighted by molar-refractivity contribution is -0.119. The average Bonchev–Trinajstić information content (AvgIpc) is 2.31. The first-order valence-corrected chi connectivity index (χ1v) is 6.65. The molecule has 0 saturated heterocycles. The number of rotatable bonds is 0. The van der Waals surface area contributed by atoms with Crippen molar-refractivity contribution in [2.75, 3.05) is 5.32 Å². The summed E-state index contributed by atoms with van der Waals surface area (Å²) >= 11 is 3.44. The third kappa shape index (κ3) is 2.70. The number of amidine groups is 1. The van der Waals surface area contributed by atoms with Crippen molar-refractivity contribution >= 4 is 39.2 Å². The second-order valence-corrected chi connectivity index (χ2v) is 5.80. The van der Waals surface area contributed by atoms with Gasteiger partial charge in [0.15, 0.2) is 5.82 Å². The van der Waals surface area contributed by atoms with Crippen LogP contribution in [0.2, 0.25) is 0 Å². The van der Waals surface area contributed by atoms with E-state index < -0.39 is 5.54 Å². The summed E-state index contributed by atoms with van der Waals surface area (Å²) < 4.78 is 0.899. The fourth-order valence-electron chi connectivity index (χ4n) is 1.74. The number of carbonyl (C=O) groups excluding carboxylic acids is 1. The predicted molar refractivity (Wildman–Crippen MR) is 78.4 cm³/mol. The van der Waals surface area contributed by atoms with Crippen molar-refractivity contribution in [2.24, 2.45) is 4.99 Å². The molecule has 102 valence electrons. The summed E-state index contributed by atoms with van der Waals surface area (Å²) in [5.41, 5.74) is 6.71. The second kappa shape index (κ2) is 4.80. The fraction of sp³-hybridized carbons (Fsp3) is 0.417. The minimum atomic E-state index is -0.442. The maximum absolute atomic E-state index is 11.0. The van der Waals surface area contributed by atoms with Crippen LogP contribution in [0, 0.1) is 6.92 Å². The average molecular weight is 326 g/mol. The van der Waals surface area contributed by atoms with Crippen molar-refractivity contribution in [1.82, 2.24) is 15.8 Å². The number of pyridine rings is 1. The normalized spacial score (nSPS) is 15.9. The van der Waals surface area contributed by atoms with Crippen LogP contribution < -0.4 is 16.2 Å². The molecule has 7 heteroatoms. The number of halogens is 1. The van der Waals surface area contributed by atoms with E-state index in [0.29, 0.717) is 5.84 Å². The monoisotopic (exact) mass is 325 g/mol. The number of amides is 1. The third-order valence-electron chi connectivity index (χ3n) is 2.85. The Balaban J connectivity index is 2.43. The fourth-order valence-corrected chi connectivity index (χ4v) is 2.03. The van der Waals surface area contributed by atoms with E-state index >= 15 is 0 Å². The molecule has 0 spiro atoms. The number of carbonyl (C=O) groups is 1. The molecule has 1 amide bonds. The zero-order valence-electron chi connectivity index (χ0n) is 11.3. The molecule has 2 rings (SSSR count). The van der Waals surface area contributed by atoms with E-state index in [1.807, 2.05) is 20.8 Å². The van der Waals surface area contributed by atoms with Crippen molar-refractivity contribution in [1.29, 1.82) is 0 Å². The van der Waals surface area contributed by atoms with Crippen molar-refractivity contribution in [2.45, 2.75) is 33.2 Å². The predicted octanol–water partition coefficient (Wildman–Crippen LogP) is 2.03. The molecule has 1 aliphatic rings. The number of fused-ring (bicyclic) bond motifs is 1. The molecule has 3 N–H and O–H groups in total. The SMILES string of the molecule is CC(=O)NNC1=Nc2c(ncc(Br)c2C)NC1(C)C. The zero-order chi connectivity index (χ0) is 14.2. The molecular weight excluding hydrogens is 310 g/mol. The van der Waals surface area contributed by atoms with Crippen LogP contribution >= 0.6 is 15.9 Å². The van der Waals surface area contributed by atoms with Crippen LogP contribution in [0.1, 0.15) is 26.3 Å². The smallest absolute Gasteiger partial charge is 0.235 e. The van der Waals surface area contributed by atoms with E-state index in [4.69, 9.17) is 0 Å². The highest BCUT2D eigenvalue weighted by atomic mass is 79.9. The first kappa shape index (κ1) is 13.8. The molecule has 1 aliphatic heterocycles. The summed E-state index contributed by atoms with van der Waals surface area (Å²) in [7, 11) is 0. The van der Waals surface area contributed by atoms with Gasteiger partial charge in [-0.25, -0.2) is 9.98 Å². The highest BCUT2D eigenvalue weighted by Gasteiger charge is 2.31. The quantitative estimate of drug-likeness (QED) is 0.638. The van der Waals surface area contributed by atoms with Crippen molar-refractivity contribution < 1.29 is 4.79 Å². The molecule has 0 fully saturated rings. The molecule has 0 saturated carbocycles. The van der Waals surface area contributed by atoms with Gasteiger partial charge in [0.05, 0.1) is 5.54 Å². The highest BCUT2D eigenvalue weighted by molar-refractivity contribution is 9.10. The summed E-state index contributed by atoms with van der Waals surface area (Å²) in [5.74, 6) is 1.20. The van der Waals surface area contributed by atoms with E-state index in [1.165, 1.54) is 6.92 Å². The summed E-state index contributed by atoms with van der Waals surface area (Å²) in [6.45, 7) is 7.32. The van der Waals surface area contributed by atoms with E-state index in [2.05, 4.69) is 42.1 Å². The number of hydrazine groups is 1. The van der Waals surface area contributed by atoms with Gasteiger partial charge in [-0.05, 0) is 42.3 Å². The van der Waals surface area contributed by atoms with E-state index in [-0.39, 0.29) is 5.91 Å². The lowest BCUT2D eigenvalue weighted by atomic mass is 10.0. The van der Waals surface area contributed by atoms with Gasteiger partial charge in [0, 0.05) is 17.6 Å². The lowest BCUT2D eigenvalue weighted by Gasteiger charge is -2.33. The number of nitrogens with one attached hydrogen (secondary N) is 3. The van der Waals surface area contributed by atoms with Crippen molar-refractivity contribution in [3.63, 3.8) is 0 Å². The number of aromatic nitrogens is 1. The molecule has 19 heavy (non-hydrogen) atoms. The van der Waals surface area contributed by atoms with Crippen LogP contribution in [0.5, 0.6) is 0 Å². The molecule has 0 aromatic carbocycles. The van der Waals surface area contributed by atoms with E-state index in [0.717, 1.165) is 21.5 Å². The Morgan fingerprint density at radius 1 is 1.47 bits per heavy atom. The molecule has 0 aliphatic carbocycles. The van der Waals surface area contributed by atoms with Gasteiger partial charge in [0.1, 0.15) is 11.5 Å². The van der Waals surface area contributed by atoms with E-state index in [9.17, 15) is 4.79 Å². The van der Waals surface area contributed by atoms with Gasteiger partial charge in [-0.15, -0.1) is 0 Å². The van der Waals surface area contributed by atoms with Crippen LogP contribution in [0.4, 0.5) is 11.5 Å². The molecule has 1 aromatic heterocycles. The molecule has 0 bridgehead atoms. The largest absolute Gasteiger partial charge is 0.356 e. The van der Waals surface area contributed by atoms with Gasteiger partial charge in [-0.2, -0.15) is 0 Å². The van der Waals surface area contributed by atoms with Gasteiger partial charge < -0.3 is 5.32 Å². The summed E-state index contributed by atoms with van der Waals surface area (Å²) in [5, 5.41) is 3.30. The topological polar surface area (TPSA) is 78.4 Å². The van der Waals surface area contributed by atoms with Crippen LogP contribution in [0.25, 0.3) is 0 Å². The van der Waals surface area contributed by atoms with Gasteiger partial charge >= 0.3 is 0 Å². The van der Waals surface area contributed by atoms with Gasteiger partial charge in [0.2, 0.25) is 5.91 Å². The summed E-state index contributed by atoms with van der Waals surface area (Å²) in [6, 6.07) is 0. The summed E-state index contributed by atoms with van der Waals surface area (Å²) in [6.07, 6.45) is 1.75. The number of nitrogens with zero attached hydrogens (tertiary/aromatic N) is 2. The molecule has 0 radical (unpaired) electrons. The Morgan fingerprint density at radius 2 is 2.16 bits per heavy atom. The minimum absolute atomic E-state index is 0.173. The minimum Gasteiger partial charge on any atom is -0.356 e. The highest BCUT2D eigenvalue weighted by Crippen LogP contribution is 2.36. The Labute approximate surface area is 120 Å². The van der Waals surface area contributed by atoms with Crippen LogP contribution in [0.3, 0.4) is 0 Å². The standard InChI is InChI=1S/C12H16BrN5O/c1-6-8(13)5-14-10-9(6)15-11(12(3,4)16-10)18-17-7(2)19/h5H,1-4H3,(H,14,16)(H,15,18)(H,17,19). The van der Waals surface area contributed by atoms with Gasteiger partial charge in [-0.3, -0.25) is 15.6 Å². The molecule has 0 unspecified atom stereocenters. The van der Waals surface area contributed by atoms with Crippen LogP contribution in [0.15, 0.2) is 15.7 Å². The first-order valence-electron chi connectivity index (χ1n) is 5.86. The Kier molecular flexibility index (Phi) is 3.49. The molecule has 0 atom stereocenters. The molecule has 2 heterocycles. The zero-order valence-corrected chi connectivity index (χ0v) is 12.8. The van der Waals surface area contributed by atoms with Gasteiger partial charge in [0.25, 0.3) is 0 Å². The van der Waals surface area contributed by atoms with E-state index in [1.54, 1.807) is 6.20 Å². The maximum Gasteiger partial charge on any atom is 0.235 e. The Morgan fingerprint density at radius 3 is 2.79 bits per heavy atom. The lowest BCUT2D eigenvalue weighted by Crippen LogP contribution is -2.54. The summed E-state index contributed by atoms with van der Waals surface area (Å²) in [4.78, 5) is 19.9. The Hall–Kier alpha value is -1.63. The van der Waals surface area contributed by atoms with Crippen LogP contribution in [-0.2, 0) is 4.79 Å². The number of anilines is 1. The third-order valence-corrected chi connectivity index (χ3v) is 3.65. The second-order valence-electron chi connectivity index (χ2n) is 4.94. The molecular formula is C12H16BrN5O. The van der Waals surface area contributed by atoms with Gasteiger partial charge in [-0.1, -0.05) is 0 Å². The number of aliphatic imine (C=N–C) groups is 1. The molecule has 6 nitrogen and oxygen atoms in total. The first-order chi connectivity index (χ1) is 8.81.